The van der Waals surface area contributed by atoms with Crippen LogP contribution in [-0.2, 0) is 9.09 Å². The van der Waals surface area contributed by atoms with Gasteiger partial charge in [0.1, 0.15) is 0 Å². The van der Waals surface area contributed by atoms with E-state index in [0.717, 1.165) is 17.7 Å². The number of allylic oxidation sites excluding steroid dienone is 2. The molecule has 0 aromatic heterocycles. The van der Waals surface area contributed by atoms with Gasteiger partial charge < -0.3 is 9.61 Å². The van der Waals surface area contributed by atoms with E-state index < -0.39 is 7.67 Å². The molecule has 4 rings (SSSR count). The van der Waals surface area contributed by atoms with E-state index in [0.29, 0.717) is 13.2 Å². The Morgan fingerprint density at radius 2 is 1.92 bits per heavy atom. The van der Waals surface area contributed by atoms with Crippen LogP contribution in [0.1, 0.15) is 23.1 Å². The molecule has 1 heterocycles. The summed E-state index contributed by atoms with van der Waals surface area (Å²) in [7, 11) is -2.95. The molecule has 0 saturated carbocycles. The molecular formula is C19H19N2O2P. The fourth-order valence-corrected chi connectivity index (χ4v) is 4.48. The number of hydrogen-bond donors (Lipinski definition) is 2. The van der Waals surface area contributed by atoms with E-state index in [1.165, 1.54) is 16.7 Å². The van der Waals surface area contributed by atoms with Crippen LogP contribution in [0, 0.1) is 0 Å². The highest BCUT2D eigenvalue weighted by Gasteiger charge is 2.25. The Hall–Kier alpha value is -2.13. The van der Waals surface area contributed by atoms with Crippen LogP contribution in [0.2, 0.25) is 0 Å². The van der Waals surface area contributed by atoms with Gasteiger partial charge in [-0.15, -0.1) is 0 Å². The Balaban J connectivity index is 1.52. The van der Waals surface area contributed by atoms with Crippen molar-refractivity contribution in [1.82, 2.24) is 5.09 Å². The van der Waals surface area contributed by atoms with Crippen molar-refractivity contribution < 1.29 is 9.09 Å². The fraction of sp³-hybridized carbons (Fsp3) is 0.158. The Morgan fingerprint density at radius 3 is 2.71 bits per heavy atom. The van der Waals surface area contributed by atoms with E-state index in [1.807, 2.05) is 24.3 Å². The summed E-state index contributed by atoms with van der Waals surface area (Å²) in [6.07, 6.45) is 7.31. The molecule has 2 N–H and O–H groups in total. The highest BCUT2D eigenvalue weighted by molar-refractivity contribution is 7.58. The minimum atomic E-state index is -2.95. The Labute approximate surface area is 141 Å². The van der Waals surface area contributed by atoms with E-state index in [4.69, 9.17) is 4.52 Å². The third-order valence-corrected chi connectivity index (χ3v) is 5.88. The Kier molecular flexibility index (Phi) is 4.11. The molecule has 5 heteroatoms. The topological polar surface area (TPSA) is 50.4 Å². The van der Waals surface area contributed by atoms with E-state index in [-0.39, 0.29) is 0 Å². The van der Waals surface area contributed by atoms with Crippen LogP contribution in [0.5, 0.6) is 0 Å². The number of anilines is 1. The monoisotopic (exact) mass is 338 g/mol. The maximum atomic E-state index is 12.4. The quantitative estimate of drug-likeness (QED) is 0.791. The average Bonchev–Trinajstić information content (AvgIpc) is 3.00. The lowest BCUT2D eigenvalue weighted by atomic mass is 10.0. The number of benzene rings is 2. The lowest BCUT2D eigenvalue weighted by molar-refractivity contribution is 0.281. The van der Waals surface area contributed by atoms with E-state index >= 15 is 0 Å². The number of hydrogen-bond acceptors (Lipinski definition) is 2. The molecule has 24 heavy (non-hydrogen) atoms. The first-order chi connectivity index (χ1) is 11.7. The molecule has 4 nitrogen and oxygen atoms in total. The second-order valence-electron chi connectivity index (χ2n) is 5.90. The predicted molar refractivity (Wildman–Crippen MR) is 99.6 cm³/mol. The van der Waals surface area contributed by atoms with Crippen molar-refractivity contribution in [2.24, 2.45) is 0 Å². The third kappa shape index (κ3) is 3.22. The molecule has 0 spiro atoms. The summed E-state index contributed by atoms with van der Waals surface area (Å²) in [6.45, 7) is 1.23. The second kappa shape index (κ2) is 6.40. The molecule has 0 radical (unpaired) electrons. The van der Waals surface area contributed by atoms with Crippen LogP contribution < -0.4 is 10.2 Å². The van der Waals surface area contributed by atoms with Gasteiger partial charge in [0, 0.05) is 12.2 Å². The molecule has 0 bridgehead atoms. The minimum Gasteiger partial charge on any atom is -0.303 e. The summed E-state index contributed by atoms with van der Waals surface area (Å²) in [5.41, 5.74) is 5.60. The smallest absolute Gasteiger partial charge is 0.303 e. The summed E-state index contributed by atoms with van der Waals surface area (Å²) in [4.78, 5) is 0. The average molecular weight is 338 g/mol. The molecular weight excluding hydrogens is 319 g/mol. The Morgan fingerprint density at radius 1 is 1.08 bits per heavy atom. The van der Waals surface area contributed by atoms with Gasteiger partial charge in [-0.3, -0.25) is 0 Å². The van der Waals surface area contributed by atoms with E-state index in [9.17, 15) is 4.57 Å². The van der Waals surface area contributed by atoms with Crippen molar-refractivity contribution in [3.05, 3.63) is 71.3 Å². The van der Waals surface area contributed by atoms with Crippen molar-refractivity contribution in [1.29, 1.82) is 0 Å². The van der Waals surface area contributed by atoms with Crippen molar-refractivity contribution in [3.63, 3.8) is 0 Å². The second-order valence-corrected chi connectivity index (χ2v) is 7.80. The molecule has 122 valence electrons. The van der Waals surface area contributed by atoms with Gasteiger partial charge in [0.25, 0.3) is 0 Å². The normalized spacial score (nSPS) is 24.1. The van der Waals surface area contributed by atoms with Crippen molar-refractivity contribution in [2.75, 3.05) is 18.2 Å². The summed E-state index contributed by atoms with van der Waals surface area (Å²) in [5, 5.41) is 5.91. The fourth-order valence-electron chi connectivity index (χ4n) is 2.91. The standard InChI is InChI=1S/C19H19N2O2P/c22-24(20-12-3-13-23-24)21-18-10-6-15(7-11-18)14-17-9-8-16-4-1-2-5-19(16)17/h1-2,4-11,14H,3,12-13H2,(H2,20,21,22). The zero-order valence-corrected chi connectivity index (χ0v) is 14.1. The van der Waals surface area contributed by atoms with Crippen LogP contribution in [0.3, 0.4) is 0 Å². The molecule has 2 aromatic rings. The molecule has 2 aromatic carbocycles. The van der Waals surface area contributed by atoms with Crippen molar-refractivity contribution in [2.45, 2.75) is 6.42 Å². The predicted octanol–water partition coefficient (Wildman–Crippen LogP) is 4.78. The molecule has 1 aliphatic carbocycles. The molecule has 1 saturated heterocycles. The van der Waals surface area contributed by atoms with E-state index in [1.54, 1.807) is 0 Å². The van der Waals surface area contributed by atoms with Crippen LogP contribution in [0.4, 0.5) is 5.69 Å². The lowest BCUT2D eigenvalue weighted by Crippen LogP contribution is -2.25. The molecule has 0 amide bonds. The van der Waals surface area contributed by atoms with Gasteiger partial charge in [-0.1, -0.05) is 48.6 Å². The summed E-state index contributed by atoms with van der Waals surface area (Å²) in [6, 6.07) is 16.2. The van der Waals surface area contributed by atoms with Gasteiger partial charge in [-0.05, 0) is 46.9 Å². The van der Waals surface area contributed by atoms with E-state index in [2.05, 4.69) is 52.7 Å². The zero-order chi connectivity index (χ0) is 16.4. The third-order valence-electron chi connectivity index (χ3n) is 4.14. The van der Waals surface area contributed by atoms with Gasteiger partial charge in [-0.2, -0.15) is 0 Å². The van der Waals surface area contributed by atoms with Crippen LogP contribution in [-0.4, -0.2) is 13.2 Å². The van der Waals surface area contributed by atoms with Gasteiger partial charge in [0.05, 0.1) is 6.61 Å². The molecule has 2 aliphatic rings. The highest BCUT2D eigenvalue weighted by Crippen LogP contribution is 2.44. The molecule has 1 fully saturated rings. The minimum absolute atomic E-state index is 0.521. The molecule has 1 unspecified atom stereocenters. The van der Waals surface area contributed by atoms with Crippen molar-refractivity contribution in [3.8, 4) is 0 Å². The first kappa shape index (κ1) is 15.4. The summed E-state index contributed by atoms with van der Waals surface area (Å²) in [5.74, 6) is 0. The molecule has 1 aliphatic heterocycles. The SMILES string of the molecule is O=P1(Nc2ccc(C=C3C=Cc4ccccc43)cc2)NCCCO1. The maximum Gasteiger partial charge on any atom is 0.365 e. The van der Waals surface area contributed by atoms with Crippen LogP contribution in [0.15, 0.2) is 54.6 Å². The number of fused-ring (bicyclic) bond motifs is 1. The first-order valence-electron chi connectivity index (χ1n) is 8.09. The van der Waals surface area contributed by atoms with Gasteiger partial charge in [0.15, 0.2) is 0 Å². The van der Waals surface area contributed by atoms with Gasteiger partial charge in [0.2, 0.25) is 0 Å². The molecule has 1 atom stereocenters. The van der Waals surface area contributed by atoms with Crippen LogP contribution >= 0.6 is 7.67 Å². The largest absolute Gasteiger partial charge is 0.365 e. The summed E-state index contributed by atoms with van der Waals surface area (Å²) >= 11 is 0. The zero-order valence-electron chi connectivity index (χ0n) is 13.2. The summed E-state index contributed by atoms with van der Waals surface area (Å²) < 4.78 is 17.8. The number of nitrogens with one attached hydrogen (secondary N) is 2. The van der Waals surface area contributed by atoms with Crippen molar-refractivity contribution >= 4 is 31.1 Å². The van der Waals surface area contributed by atoms with Crippen LogP contribution in [0.25, 0.3) is 17.7 Å². The van der Waals surface area contributed by atoms with Gasteiger partial charge in [-0.25, -0.2) is 9.65 Å². The maximum absolute atomic E-state index is 12.4. The highest BCUT2D eigenvalue weighted by atomic mass is 31.2. The lowest BCUT2D eigenvalue weighted by Gasteiger charge is -2.25. The first-order valence-corrected chi connectivity index (χ1v) is 9.72. The van der Waals surface area contributed by atoms with Gasteiger partial charge >= 0.3 is 7.67 Å². The Bertz CT molecular complexity index is 846. The number of rotatable bonds is 3.